The maximum absolute atomic E-state index is 11.5. The minimum atomic E-state index is -3.27. The van der Waals surface area contributed by atoms with Gasteiger partial charge >= 0.3 is 0 Å². The van der Waals surface area contributed by atoms with Gasteiger partial charge < -0.3 is 4.90 Å². The average molecular weight is 337 g/mol. The van der Waals surface area contributed by atoms with Crippen molar-refractivity contribution in [3.05, 3.63) is 34.8 Å². The lowest BCUT2D eigenvalue weighted by molar-refractivity contribution is 0.514. The Morgan fingerprint density at radius 3 is 2.68 bits per heavy atom. The van der Waals surface area contributed by atoms with E-state index in [2.05, 4.69) is 47.1 Å². The van der Waals surface area contributed by atoms with E-state index in [-0.39, 0.29) is 4.34 Å². The Balaban J connectivity index is 1.86. The highest BCUT2D eigenvalue weighted by Crippen LogP contribution is 2.40. The first kappa shape index (κ1) is 15.4. The standard InChI is InChI=1S/C15H19N3O2S2/c1-10(2)12-8-18(13-7-5-4-6-11(12)13)9-14-16-17-15(21-14)22(3,19)20/h4-7,10,12H,8-9H2,1-3H3. The third kappa shape index (κ3) is 2.87. The van der Waals surface area contributed by atoms with E-state index in [9.17, 15) is 8.42 Å². The SMILES string of the molecule is CC(C)C1CN(Cc2nnc(S(C)(=O)=O)s2)c2ccccc21. The van der Waals surface area contributed by atoms with Gasteiger partial charge in [0.05, 0.1) is 6.54 Å². The summed E-state index contributed by atoms with van der Waals surface area (Å²) in [7, 11) is -3.27. The molecule has 3 rings (SSSR count). The molecule has 118 valence electrons. The summed E-state index contributed by atoms with van der Waals surface area (Å²) in [6, 6.07) is 8.42. The average Bonchev–Trinajstić information content (AvgIpc) is 3.04. The van der Waals surface area contributed by atoms with E-state index >= 15 is 0 Å². The summed E-state index contributed by atoms with van der Waals surface area (Å²) in [5.74, 6) is 1.06. The van der Waals surface area contributed by atoms with Crippen LogP contribution in [-0.4, -0.2) is 31.4 Å². The van der Waals surface area contributed by atoms with Gasteiger partial charge in [0.2, 0.25) is 14.2 Å². The van der Waals surface area contributed by atoms with Crippen molar-refractivity contribution in [2.24, 2.45) is 5.92 Å². The third-order valence-electron chi connectivity index (χ3n) is 3.99. The van der Waals surface area contributed by atoms with Crippen LogP contribution in [0, 0.1) is 5.92 Å². The quantitative estimate of drug-likeness (QED) is 0.858. The first-order valence-electron chi connectivity index (χ1n) is 7.22. The van der Waals surface area contributed by atoms with Crippen molar-refractivity contribution >= 4 is 26.9 Å². The zero-order chi connectivity index (χ0) is 15.9. The second kappa shape index (κ2) is 5.62. The van der Waals surface area contributed by atoms with Crippen molar-refractivity contribution in [1.29, 1.82) is 0 Å². The molecule has 0 aliphatic carbocycles. The molecule has 5 nitrogen and oxygen atoms in total. The van der Waals surface area contributed by atoms with Gasteiger partial charge in [0.1, 0.15) is 5.01 Å². The summed E-state index contributed by atoms with van der Waals surface area (Å²) in [5.41, 5.74) is 2.59. The van der Waals surface area contributed by atoms with E-state index in [4.69, 9.17) is 0 Å². The zero-order valence-electron chi connectivity index (χ0n) is 12.9. The van der Waals surface area contributed by atoms with Gasteiger partial charge in [-0.3, -0.25) is 0 Å². The summed E-state index contributed by atoms with van der Waals surface area (Å²) in [5, 5.41) is 8.57. The fourth-order valence-electron chi connectivity index (χ4n) is 2.86. The van der Waals surface area contributed by atoms with Gasteiger partial charge in [-0.1, -0.05) is 43.4 Å². The van der Waals surface area contributed by atoms with Crippen LogP contribution >= 0.6 is 11.3 Å². The van der Waals surface area contributed by atoms with Crippen LogP contribution in [0.1, 0.15) is 30.3 Å². The molecule has 0 saturated heterocycles. The third-order valence-corrected chi connectivity index (χ3v) is 6.57. The van der Waals surface area contributed by atoms with Crippen LogP contribution in [-0.2, 0) is 16.4 Å². The molecule has 0 saturated carbocycles. The van der Waals surface area contributed by atoms with Crippen LogP contribution < -0.4 is 4.90 Å². The van der Waals surface area contributed by atoms with E-state index in [0.717, 1.165) is 29.1 Å². The Morgan fingerprint density at radius 1 is 1.32 bits per heavy atom. The molecule has 0 fully saturated rings. The molecule has 2 heterocycles. The van der Waals surface area contributed by atoms with Gasteiger partial charge in [-0.05, 0) is 17.5 Å². The minimum Gasteiger partial charge on any atom is -0.364 e. The first-order chi connectivity index (χ1) is 10.4. The number of benzene rings is 1. The predicted octanol–water partition coefficient (Wildman–Crippen LogP) is 2.70. The van der Waals surface area contributed by atoms with Gasteiger partial charge in [0, 0.05) is 24.4 Å². The highest BCUT2D eigenvalue weighted by Gasteiger charge is 2.31. The first-order valence-corrected chi connectivity index (χ1v) is 9.93. The van der Waals surface area contributed by atoms with Crippen LogP contribution in [0.25, 0.3) is 0 Å². The van der Waals surface area contributed by atoms with E-state index in [1.165, 1.54) is 11.3 Å². The molecule has 0 radical (unpaired) electrons. The van der Waals surface area contributed by atoms with E-state index in [1.807, 2.05) is 6.07 Å². The van der Waals surface area contributed by atoms with Gasteiger partial charge in [0.15, 0.2) is 0 Å². The summed E-state index contributed by atoms with van der Waals surface area (Å²) < 4.78 is 23.1. The Hall–Kier alpha value is -1.47. The molecule has 0 N–H and O–H groups in total. The van der Waals surface area contributed by atoms with E-state index in [1.54, 1.807) is 0 Å². The van der Waals surface area contributed by atoms with E-state index < -0.39 is 9.84 Å². The second-order valence-electron chi connectivity index (χ2n) is 6.02. The maximum Gasteiger partial charge on any atom is 0.232 e. The normalized spacial score (nSPS) is 18.0. The number of hydrogen-bond donors (Lipinski definition) is 0. The number of para-hydroxylation sites is 1. The maximum atomic E-state index is 11.5. The summed E-state index contributed by atoms with van der Waals surface area (Å²) in [4.78, 5) is 2.27. The number of hydrogen-bond acceptors (Lipinski definition) is 6. The molecular formula is C15H19N3O2S2. The lowest BCUT2D eigenvalue weighted by Crippen LogP contribution is -2.22. The molecule has 1 aromatic heterocycles. The highest BCUT2D eigenvalue weighted by molar-refractivity contribution is 7.92. The van der Waals surface area contributed by atoms with Gasteiger partial charge in [0.25, 0.3) is 0 Å². The molecule has 0 spiro atoms. The Kier molecular flexibility index (Phi) is 3.94. The zero-order valence-corrected chi connectivity index (χ0v) is 14.5. The van der Waals surface area contributed by atoms with Crippen LogP contribution in [0.2, 0.25) is 0 Å². The Bertz CT molecular complexity index is 784. The highest BCUT2D eigenvalue weighted by atomic mass is 32.2. The summed E-state index contributed by atoms with van der Waals surface area (Å²) in [6.45, 7) is 6.01. The van der Waals surface area contributed by atoms with Gasteiger partial charge in [-0.2, -0.15) is 0 Å². The topological polar surface area (TPSA) is 63.2 Å². The van der Waals surface area contributed by atoms with Crippen molar-refractivity contribution in [2.45, 2.75) is 30.6 Å². The summed E-state index contributed by atoms with van der Waals surface area (Å²) >= 11 is 1.16. The number of nitrogens with zero attached hydrogens (tertiary/aromatic N) is 3. The van der Waals surface area contributed by atoms with Crippen molar-refractivity contribution in [3.63, 3.8) is 0 Å². The molecule has 1 aliphatic heterocycles. The number of anilines is 1. The molecule has 1 aromatic carbocycles. The minimum absolute atomic E-state index is 0.0930. The van der Waals surface area contributed by atoms with Crippen LogP contribution in [0.5, 0.6) is 0 Å². The van der Waals surface area contributed by atoms with Crippen LogP contribution in [0.3, 0.4) is 0 Å². The molecule has 0 amide bonds. The fraction of sp³-hybridized carbons (Fsp3) is 0.467. The largest absolute Gasteiger partial charge is 0.364 e. The Morgan fingerprint density at radius 2 is 2.05 bits per heavy atom. The number of rotatable bonds is 4. The van der Waals surface area contributed by atoms with Crippen LogP contribution in [0.15, 0.2) is 28.6 Å². The van der Waals surface area contributed by atoms with Crippen molar-refractivity contribution in [1.82, 2.24) is 10.2 Å². The Labute approximate surface area is 134 Å². The van der Waals surface area contributed by atoms with E-state index in [0.29, 0.717) is 18.4 Å². The fourth-order valence-corrected chi connectivity index (χ4v) is 4.53. The molecule has 0 bridgehead atoms. The van der Waals surface area contributed by atoms with Crippen molar-refractivity contribution < 1.29 is 8.42 Å². The monoisotopic (exact) mass is 337 g/mol. The number of aromatic nitrogens is 2. The lowest BCUT2D eigenvalue weighted by Gasteiger charge is -2.19. The van der Waals surface area contributed by atoms with Crippen molar-refractivity contribution in [2.75, 3.05) is 17.7 Å². The summed E-state index contributed by atoms with van der Waals surface area (Å²) in [6.07, 6.45) is 1.16. The van der Waals surface area contributed by atoms with Crippen molar-refractivity contribution in [3.8, 4) is 0 Å². The van der Waals surface area contributed by atoms with Gasteiger partial charge in [-0.25, -0.2) is 8.42 Å². The molecule has 1 aliphatic rings. The van der Waals surface area contributed by atoms with Crippen LogP contribution in [0.4, 0.5) is 5.69 Å². The second-order valence-corrected chi connectivity index (χ2v) is 9.28. The number of fused-ring (bicyclic) bond motifs is 1. The predicted molar refractivity (Wildman–Crippen MR) is 88.1 cm³/mol. The molecule has 7 heteroatoms. The molecular weight excluding hydrogens is 318 g/mol. The van der Waals surface area contributed by atoms with Gasteiger partial charge in [-0.15, -0.1) is 10.2 Å². The number of sulfone groups is 1. The molecule has 2 aromatic rings. The molecule has 1 atom stereocenters. The molecule has 22 heavy (non-hydrogen) atoms. The molecule has 1 unspecified atom stereocenters. The lowest BCUT2D eigenvalue weighted by atomic mass is 9.90. The smallest absolute Gasteiger partial charge is 0.232 e.